The highest BCUT2D eigenvalue weighted by Crippen LogP contribution is 2.29. The second-order valence-corrected chi connectivity index (χ2v) is 6.06. The van der Waals surface area contributed by atoms with Crippen molar-refractivity contribution < 1.29 is 23.4 Å². The minimum Gasteiger partial charge on any atom is -0.467 e. The summed E-state index contributed by atoms with van der Waals surface area (Å²) in [6, 6.07) is 5.80. The monoisotopic (exact) mass is 360 g/mol. The first kappa shape index (κ1) is 18.0. The van der Waals surface area contributed by atoms with Crippen molar-refractivity contribution in [3.05, 3.63) is 64.5 Å². The highest BCUT2D eigenvalue weighted by atomic mass is 19.2. The maximum atomic E-state index is 14.0. The zero-order valence-corrected chi connectivity index (χ0v) is 14.6. The van der Waals surface area contributed by atoms with Crippen LogP contribution < -0.4 is 0 Å². The first-order valence-electron chi connectivity index (χ1n) is 7.99. The van der Waals surface area contributed by atoms with E-state index >= 15 is 0 Å². The lowest BCUT2D eigenvalue weighted by Gasteiger charge is -2.16. The molecule has 0 saturated carbocycles. The van der Waals surface area contributed by atoms with Crippen LogP contribution >= 0.6 is 0 Å². The number of pyridine rings is 1. The Balaban J connectivity index is 2.08. The zero-order chi connectivity index (χ0) is 19.0. The Labute approximate surface area is 148 Å². The molecule has 0 spiro atoms. The van der Waals surface area contributed by atoms with Crippen LogP contribution in [0, 0.1) is 25.5 Å². The average molecular weight is 360 g/mol. The summed E-state index contributed by atoms with van der Waals surface area (Å²) in [5.74, 6) is -2.55. The molecule has 7 heteroatoms. The molecule has 1 atom stereocenters. The van der Waals surface area contributed by atoms with E-state index in [-0.39, 0.29) is 12.1 Å². The van der Waals surface area contributed by atoms with Crippen molar-refractivity contribution in [2.24, 2.45) is 0 Å². The number of halogens is 2. The lowest BCUT2D eigenvalue weighted by atomic mass is 10.00. The number of esters is 1. The molecule has 0 bridgehead atoms. The Bertz CT molecular complexity index is 998. The fraction of sp³-hybridized carbons (Fsp3) is 0.263. The van der Waals surface area contributed by atoms with Crippen LogP contribution in [0.4, 0.5) is 8.78 Å². The minimum atomic E-state index is -1.43. The summed E-state index contributed by atoms with van der Waals surface area (Å²) in [7, 11) is 1.20. The van der Waals surface area contributed by atoms with Gasteiger partial charge in [-0.3, -0.25) is 0 Å². The predicted molar refractivity (Wildman–Crippen MR) is 91.6 cm³/mol. The summed E-state index contributed by atoms with van der Waals surface area (Å²) in [5, 5.41) is 10.9. The molecule has 0 unspecified atom stereocenters. The number of nitrogens with zero attached hydrogens (tertiary/aromatic N) is 2. The zero-order valence-electron chi connectivity index (χ0n) is 14.6. The molecule has 0 aliphatic carbocycles. The van der Waals surface area contributed by atoms with Gasteiger partial charge in [0.2, 0.25) is 0 Å². The number of carbonyl (C=O) groups excluding carboxylic acids is 1. The number of aliphatic hydroxyl groups is 1. The van der Waals surface area contributed by atoms with E-state index in [1.165, 1.54) is 19.2 Å². The molecule has 5 nitrogen and oxygen atoms in total. The number of methoxy groups -OCH3 is 1. The number of fused-ring (bicyclic) bond motifs is 1. The molecule has 1 N–H and O–H groups in total. The maximum Gasteiger partial charge on any atom is 0.339 e. The quantitative estimate of drug-likeness (QED) is 0.726. The highest BCUT2D eigenvalue weighted by molar-refractivity contribution is 5.85. The standard InChI is InChI=1S/C19H18F2N2O3/c1-10-13-7-8-23(9-12-5-4-6-14(20)16(12)21)18(13)22-11(2)15(10)17(24)19(25)26-3/h4-8,17,24H,9H2,1-3H3/t17-/m0/s1. The van der Waals surface area contributed by atoms with Crippen LogP contribution in [0.25, 0.3) is 11.0 Å². The molecule has 2 aromatic heterocycles. The van der Waals surface area contributed by atoms with Gasteiger partial charge in [0.1, 0.15) is 5.65 Å². The minimum absolute atomic E-state index is 0.109. The molecule has 0 saturated heterocycles. The molecule has 26 heavy (non-hydrogen) atoms. The van der Waals surface area contributed by atoms with Gasteiger partial charge in [0.05, 0.1) is 13.7 Å². The summed E-state index contributed by atoms with van der Waals surface area (Å²) in [6.45, 7) is 3.55. The summed E-state index contributed by atoms with van der Waals surface area (Å²) in [4.78, 5) is 16.1. The molecule has 3 aromatic rings. The number of hydrogen-bond acceptors (Lipinski definition) is 4. The van der Waals surface area contributed by atoms with Crippen LogP contribution in [0.1, 0.15) is 28.5 Å². The van der Waals surface area contributed by atoms with Gasteiger partial charge in [-0.05, 0) is 31.5 Å². The van der Waals surface area contributed by atoms with Gasteiger partial charge in [0.15, 0.2) is 17.7 Å². The third kappa shape index (κ3) is 2.94. The third-order valence-corrected chi connectivity index (χ3v) is 4.48. The first-order valence-corrected chi connectivity index (χ1v) is 7.99. The van der Waals surface area contributed by atoms with Crippen LogP contribution in [0.3, 0.4) is 0 Å². The highest BCUT2D eigenvalue weighted by Gasteiger charge is 2.25. The van der Waals surface area contributed by atoms with E-state index in [2.05, 4.69) is 9.72 Å². The Kier molecular flexibility index (Phi) is 4.73. The van der Waals surface area contributed by atoms with E-state index in [1.807, 2.05) is 0 Å². The number of carbonyl (C=O) groups is 1. The number of hydrogen-bond donors (Lipinski definition) is 1. The predicted octanol–water partition coefficient (Wildman–Crippen LogP) is 3.19. The normalized spacial score (nSPS) is 12.4. The molecule has 136 valence electrons. The topological polar surface area (TPSA) is 64.3 Å². The van der Waals surface area contributed by atoms with Gasteiger partial charge in [-0.1, -0.05) is 12.1 Å². The van der Waals surface area contributed by atoms with Gasteiger partial charge in [-0.25, -0.2) is 18.6 Å². The Morgan fingerprint density at radius 3 is 2.73 bits per heavy atom. The van der Waals surface area contributed by atoms with E-state index < -0.39 is 23.7 Å². The van der Waals surface area contributed by atoms with Gasteiger partial charge in [-0.2, -0.15) is 0 Å². The first-order chi connectivity index (χ1) is 12.3. The number of aliphatic hydroxyl groups excluding tert-OH is 1. The Morgan fingerprint density at radius 1 is 1.31 bits per heavy atom. The lowest BCUT2D eigenvalue weighted by molar-refractivity contribution is -0.150. The second kappa shape index (κ2) is 6.84. The number of aryl methyl sites for hydroxylation is 2. The number of benzene rings is 1. The number of aromatic nitrogens is 2. The number of rotatable bonds is 4. The molecule has 0 aliphatic rings. The van der Waals surface area contributed by atoms with Gasteiger partial charge < -0.3 is 14.4 Å². The van der Waals surface area contributed by atoms with Crippen molar-refractivity contribution in [2.45, 2.75) is 26.5 Å². The molecular formula is C19H18F2N2O3. The molecule has 2 heterocycles. The molecule has 3 rings (SSSR count). The van der Waals surface area contributed by atoms with Crippen molar-refractivity contribution in [2.75, 3.05) is 7.11 Å². The Hall–Kier alpha value is -2.80. The number of ether oxygens (including phenoxy) is 1. The van der Waals surface area contributed by atoms with Crippen molar-refractivity contribution in [1.29, 1.82) is 0 Å². The van der Waals surface area contributed by atoms with Gasteiger partial charge in [0.25, 0.3) is 0 Å². The SMILES string of the molecule is COC(=O)[C@@H](O)c1c(C)nc2c(ccn2Cc2cccc(F)c2F)c1C. The van der Waals surface area contributed by atoms with Crippen molar-refractivity contribution in [3.8, 4) is 0 Å². The van der Waals surface area contributed by atoms with E-state index in [4.69, 9.17) is 0 Å². The van der Waals surface area contributed by atoms with E-state index in [9.17, 15) is 18.7 Å². The van der Waals surface area contributed by atoms with Crippen LogP contribution in [0.15, 0.2) is 30.5 Å². The van der Waals surface area contributed by atoms with Crippen LogP contribution in [0.5, 0.6) is 0 Å². The fourth-order valence-electron chi connectivity index (χ4n) is 3.13. The van der Waals surface area contributed by atoms with Gasteiger partial charge >= 0.3 is 5.97 Å². The van der Waals surface area contributed by atoms with E-state index in [0.29, 0.717) is 27.9 Å². The van der Waals surface area contributed by atoms with Crippen LogP contribution in [-0.4, -0.2) is 27.7 Å². The molecule has 0 aliphatic heterocycles. The molecule has 1 aromatic carbocycles. The van der Waals surface area contributed by atoms with Gasteiger partial charge in [0, 0.05) is 28.4 Å². The molecular weight excluding hydrogens is 342 g/mol. The summed E-state index contributed by atoms with van der Waals surface area (Å²) in [6.07, 6.45) is 0.281. The maximum absolute atomic E-state index is 14.0. The third-order valence-electron chi connectivity index (χ3n) is 4.48. The fourth-order valence-corrected chi connectivity index (χ4v) is 3.13. The Morgan fingerprint density at radius 2 is 2.04 bits per heavy atom. The molecule has 0 fully saturated rings. The summed E-state index contributed by atoms with van der Waals surface area (Å²) >= 11 is 0. The van der Waals surface area contributed by atoms with Crippen molar-refractivity contribution >= 4 is 17.0 Å². The largest absolute Gasteiger partial charge is 0.467 e. The smallest absolute Gasteiger partial charge is 0.339 e. The van der Waals surface area contributed by atoms with E-state index in [0.717, 1.165) is 6.07 Å². The van der Waals surface area contributed by atoms with Crippen LogP contribution in [-0.2, 0) is 16.1 Å². The van der Waals surface area contributed by atoms with Gasteiger partial charge in [-0.15, -0.1) is 0 Å². The average Bonchev–Trinajstić information content (AvgIpc) is 3.01. The summed E-state index contributed by atoms with van der Waals surface area (Å²) in [5.41, 5.74) is 2.30. The van der Waals surface area contributed by atoms with Crippen molar-refractivity contribution in [3.63, 3.8) is 0 Å². The van der Waals surface area contributed by atoms with Crippen LogP contribution in [0.2, 0.25) is 0 Å². The van der Waals surface area contributed by atoms with E-state index in [1.54, 1.807) is 30.7 Å². The molecule has 0 amide bonds. The second-order valence-electron chi connectivity index (χ2n) is 6.06. The lowest BCUT2D eigenvalue weighted by Crippen LogP contribution is -2.17. The van der Waals surface area contributed by atoms with Crippen molar-refractivity contribution in [1.82, 2.24) is 9.55 Å². The molecule has 0 radical (unpaired) electrons. The summed E-state index contributed by atoms with van der Waals surface area (Å²) < 4.78 is 33.7.